The molecule has 0 bridgehead atoms. The molecular weight excluding hydrogens is 340 g/mol. The molecule has 0 fully saturated rings. The molecule has 27 heavy (non-hydrogen) atoms. The van der Waals surface area contributed by atoms with E-state index in [-0.39, 0.29) is 5.56 Å². The number of ether oxygens (including phenoxy) is 1. The van der Waals surface area contributed by atoms with Crippen LogP contribution in [0.25, 0.3) is 22.2 Å². The van der Waals surface area contributed by atoms with Crippen LogP contribution in [0.3, 0.4) is 0 Å². The normalized spacial score (nSPS) is 10.9. The number of nitrogens with zero attached hydrogens (tertiary/aromatic N) is 2. The van der Waals surface area contributed by atoms with Crippen LogP contribution in [0.5, 0.6) is 11.5 Å². The zero-order valence-electron chi connectivity index (χ0n) is 15.2. The molecule has 0 aliphatic rings. The number of aryl methyl sites for hydroxylation is 1. The Morgan fingerprint density at radius 1 is 1.15 bits per heavy atom. The van der Waals surface area contributed by atoms with Gasteiger partial charge in [0.1, 0.15) is 22.7 Å². The summed E-state index contributed by atoms with van der Waals surface area (Å²) < 4.78 is 7.47. The van der Waals surface area contributed by atoms with Crippen LogP contribution in [-0.4, -0.2) is 21.3 Å². The largest absolute Gasteiger partial charge is 0.457 e. The highest BCUT2D eigenvalue weighted by Gasteiger charge is 2.17. The first-order valence-corrected chi connectivity index (χ1v) is 8.83. The summed E-state index contributed by atoms with van der Waals surface area (Å²) in [6.45, 7) is 2.85. The molecule has 2 N–H and O–H groups in total. The minimum absolute atomic E-state index is 0.160. The van der Waals surface area contributed by atoms with Crippen molar-refractivity contribution < 1.29 is 4.74 Å². The maximum absolute atomic E-state index is 12.3. The average Bonchev–Trinajstić information content (AvgIpc) is 3.17. The predicted octanol–water partition coefficient (Wildman–Crippen LogP) is 4.15. The van der Waals surface area contributed by atoms with E-state index in [4.69, 9.17) is 4.74 Å². The summed E-state index contributed by atoms with van der Waals surface area (Å²) in [5, 5.41) is 8.61. The van der Waals surface area contributed by atoms with Crippen LogP contribution in [0.4, 0.5) is 5.69 Å². The molecule has 0 aliphatic carbocycles. The fourth-order valence-corrected chi connectivity index (χ4v) is 3.09. The third-order valence-electron chi connectivity index (χ3n) is 4.35. The van der Waals surface area contributed by atoms with Crippen LogP contribution in [0.15, 0.2) is 65.6 Å². The quantitative estimate of drug-likeness (QED) is 0.561. The Labute approximate surface area is 156 Å². The van der Waals surface area contributed by atoms with Gasteiger partial charge in [-0.15, -0.1) is 0 Å². The Bertz CT molecular complexity index is 1150. The van der Waals surface area contributed by atoms with Gasteiger partial charge < -0.3 is 15.0 Å². The smallest absolute Gasteiger partial charge is 0.290 e. The van der Waals surface area contributed by atoms with E-state index in [1.807, 2.05) is 61.5 Å². The average molecular weight is 360 g/mol. The summed E-state index contributed by atoms with van der Waals surface area (Å²) in [5.74, 6) is 1.42. The van der Waals surface area contributed by atoms with Gasteiger partial charge in [0, 0.05) is 36.4 Å². The van der Waals surface area contributed by atoms with Gasteiger partial charge in [-0.1, -0.05) is 18.2 Å². The molecule has 0 amide bonds. The Hall–Kier alpha value is -3.54. The second-order valence-electron chi connectivity index (χ2n) is 6.20. The fraction of sp³-hybridized carbons (Fsp3) is 0.143. The molecule has 4 aromatic rings. The van der Waals surface area contributed by atoms with Crippen molar-refractivity contribution in [2.24, 2.45) is 7.05 Å². The lowest BCUT2D eigenvalue weighted by atomic mass is 10.1. The second kappa shape index (κ2) is 6.99. The minimum atomic E-state index is -0.160. The summed E-state index contributed by atoms with van der Waals surface area (Å²) in [6.07, 6.45) is 1.75. The van der Waals surface area contributed by atoms with Crippen LogP contribution in [0.2, 0.25) is 0 Å². The lowest BCUT2D eigenvalue weighted by Gasteiger charge is -2.14. The van der Waals surface area contributed by atoms with Gasteiger partial charge in [0.2, 0.25) is 0 Å². The zero-order chi connectivity index (χ0) is 18.8. The summed E-state index contributed by atoms with van der Waals surface area (Å²) in [6, 6.07) is 17.4. The summed E-state index contributed by atoms with van der Waals surface area (Å²) >= 11 is 0. The van der Waals surface area contributed by atoms with E-state index in [1.54, 1.807) is 13.2 Å². The number of H-pyrrole nitrogens is 1. The number of aromatic amines is 1. The number of hydrogen-bond acceptors (Lipinski definition) is 4. The molecule has 6 nitrogen and oxygen atoms in total. The summed E-state index contributed by atoms with van der Waals surface area (Å²) in [5.41, 5.74) is 2.85. The lowest BCUT2D eigenvalue weighted by molar-refractivity contribution is 0.484. The first-order valence-electron chi connectivity index (χ1n) is 8.83. The first kappa shape index (κ1) is 16.9. The van der Waals surface area contributed by atoms with E-state index in [9.17, 15) is 4.79 Å². The minimum Gasteiger partial charge on any atom is -0.457 e. The standard InChI is InChI=1S/C21H20N4O2/c1-3-22-14-9-10-18(27-15-7-5-4-6-8-15)17(13-14)19-16-11-12-23-20(16)21(26)25(2)24-19/h4-13,22-23H,3H2,1-2H3. The Kier molecular flexibility index (Phi) is 4.38. The van der Waals surface area contributed by atoms with Gasteiger partial charge >= 0.3 is 0 Å². The third kappa shape index (κ3) is 3.17. The van der Waals surface area contributed by atoms with Crippen molar-refractivity contribution in [3.63, 3.8) is 0 Å². The van der Waals surface area contributed by atoms with Gasteiger partial charge in [0.15, 0.2) is 0 Å². The SMILES string of the molecule is CCNc1ccc(Oc2ccccc2)c(-c2nn(C)c(=O)c3[nH]ccc23)c1. The van der Waals surface area contributed by atoms with Crippen LogP contribution < -0.4 is 15.6 Å². The van der Waals surface area contributed by atoms with Crippen LogP contribution in [-0.2, 0) is 7.05 Å². The molecule has 0 saturated carbocycles. The number of fused-ring (bicyclic) bond motifs is 1. The molecule has 0 unspecified atom stereocenters. The predicted molar refractivity (Wildman–Crippen MR) is 107 cm³/mol. The highest BCUT2D eigenvalue weighted by atomic mass is 16.5. The maximum atomic E-state index is 12.3. The molecule has 0 radical (unpaired) electrons. The van der Waals surface area contributed by atoms with Crippen LogP contribution >= 0.6 is 0 Å². The number of para-hydroxylation sites is 1. The lowest BCUT2D eigenvalue weighted by Crippen LogP contribution is -2.20. The molecule has 0 atom stereocenters. The molecule has 6 heteroatoms. The summed E-state index contributed by atoms with van der Waals surface area (Å²) in [4.78, 5) is 15.4. The third-order valence-corrected chi connectivity index (χ3v) is 4.35. The molecule has 4 rings (SSSR count). The molecule has 2 aromatic heterocycles. The second-order valence-corrected chi connectivity index (χ2v) is 6.20. The van der Waals surface area contributed by atoms with Crippen molar-refractivity contribution in [3.05, 3.63) is 71.1 Å². The van der Waals surface area contributed by atoms with E-state index in [0.29, 0.717) is 17.0 Å². The van der Waals surface area contributed by atoms with E-state index in [0.717, 1.165) is 28.9 Å². The number of nitrogens with one attached hydrogen (secondary N) is 2. The molecule has 0 spiro atoms. The summed E-state index contributed by atoms with van der Waals surface area (Å²) in [7, 11) is 1.65. The van der Waals surface area contributed by atoms with E-state index in [1.165, 1.54) is 4.68 Å². The molecule has 0 saturated heterocycles. The maximum Gasteiger partial charge on any atom is 0.290 e. The van der Waals surface area contributed by atoms with Crippen LogP contribution in [0, 0.1) is 0 Å². The highest BCUT2D eigenvalue weighted by molar-refractivity contribution is 5.94. The molecular formula is C21H20N4O2. The topological polar surface area (TPSA) is 71.9 Å². The van der Waals surface area contributed by atoms with E-state index < -0.39 is 0 Å². The van der Waals surface area contributed by atoms with Gasteiger partial charge in [0.25, 0.3) is 5.56 Å². The van der Waals surface area contributed by atoms with Crippen molar-refractivity contribution in [2.75, 3.05) is 11.9 Å². The number of anilines is 1. The molecule has 0 aliphatic heterocycles. The van der Waals surface area contributed by atoms with Gasteiger partial charge in [-0.3, -0.25) is 4.79 Å². The number of rotatable bonds is 5. The Morgan fingerprint density at radius 2 is 1.96 bits per heavy atom. The molecule has 2 aromatic carbocycles. The van der Waals surface area contributed by atoms with Gasteiger partial charge in [-0.2, -0.15) is 5.10 Å². The number of hydrogen-bond donors (Lipinski definition) is 2. The highest BCUT2D eigenvalue weighted by Crippen LogP contribution is 2.37. The first-order chi connectivity index (χ1) is 13.2. The van der Waals surface area contributed by atoms with Gasteiger partial charge in [-0.05, 0) is 43.3 Å². The van der Waals surface area contributed by atoms with Crippen molar-refractivity contribution in [1.29, 1.82) is 0 Å². The van der Waals surface area contributed by atoms with Crippen LogP contribution in [0.1, 0.15) is 6.92 Å². The van der Waals surface area contributed by atoms with Gasteiger partial charge in [0.05, 0.1) is 0 Å². The monoisotopic (exact) mass is 360 g/mol. The van der Waals surface area contributed by atoms with Crippen molar-refractivity contribution >= 4 is 16.6 Å². The van der Waals surface area contributed by atoms with E-state index >= 15 is 0 Å². The van der Waals surface area contributed by atoms with Crippen molar-refractivity contribution in [1.82, 2.24) is 14.8 Å². The Morgan fingerprint density at radius 3 is 2.74 bits per heavy atom. The number of aromatic nitrogens is 3. The van der Waals surface area contributed by atoms with Gasteiger partial charge in [-0.25, -0.2) is 4.68 Å². The van der Waals surface area contributed by atoms with Crippen molar-refractivity contribution in [2.45, 2.75) is 6.92 Å². The van der Waals surface area contributed by atoms with E-state index in [2.05, 4.69) is 15.4 Å². The number of benzene rings is 2. The molecule has 2 heterocycles. The molecule has 136 valence electrons. The zero-order valence-corrected chi connectivity index (χ0v) is 15.2. The fourth-order valence-electron chi connectivity index (χ4n) is 3.09. The Balaban J connectivity index is 1.93. The van der Waals surface area contributed by atoms with Crippen molar-refractivity contribution in [3.8, 4) is 22.8 Å².